The molecule has 0 aliphatic heterocycles. The highest BCUT2D eigenvalue weighted by molar-refractivity contribution is 7.10. The summed E-state index contributed by atoms with van der Waals surface area (Å²) in [6, 6.07) is 21.7. The van der Waals surface area contributed by atoms with Gasteiger partial charge in [-0.15, -0.1) is 11.3 Å². The molecule has 2 aromatic heterocycles. The monoisotopic (exact) mass is 485 g/mol. The summed E-state index contributed by atoms with van der Waals surface area (Å²) < 4.78 is 5.22. The number of thiophene rings is 1. The van der Waals surface area contributed by atoms with Gasteiger partial charge in [-0.1, -0.05) is 42.5 Å². The lowest BCUT2D eigenvalue weighted by atomic mass is 9.98. The van der Waals surface area contributed by atoms with Gasteiger partial charge in [-0.3, -0.25) is 19.5 Å². The van der Waals surface area contributed by atoms with E-state index in [4.69, 9.17) is 4.74 Å². The fourth-order valence-electron chi connectivity index (χ4n) is 3.90. The minimum absolute atomic E-state index is 0.173. The molecule has 0 saturated heterocycles. The van der Waals surface area contributed by atoms with Crippen LogP contribution in [-0.2, 0) is 22.6 Å². The van der Waals surface area contributed by atoms with Gasteiger partial charge in [0.25, 0.3) is 0 Å². The highest BCUT2D eigenvalue weighted by Gasteiger charge is 2.33. The number of rotatable bonds is 9. The Labute approximate surface area is 209 Å². The van der Waals surface area contributed by atoms with Gasteiger partial charge in [-0.2, -0.15) is 0 Å². The number of amides is 2. The molecule has 35 heavy (non-hydrogen) atoms. The summed E-state index contributed by atoms with van der Waals surface area (Å²) in [5, 5.41) is 4.98. The van der Waals surface area contributed by atoms with Crippen molar-refractivity contribution in [1.82, 2.24) is 10.3 Å². The van der Waals surface area contributed by atoms with Crippen molar-refractivity contribution in [2.24, 2.45) is 0 Å². The molecule has 6 nitrogen and oxygen atoms in total. The molecule has 0 fully saturated rings. The van der Waals surface area contributed by atoms with Gasteiger partial charge in [0.05, 0.1) is 25.4 Å². The Bertz CT molecular complexity index is 1260. The molecule has 1 N–H and O–H groups in total. The Hall–Kier alpha value is -3.97. The number of ether oxygens (including phenoxy) is 1. The third-order valence-corrected chi connectivity index (χ3v) is 6.59. The standard InChI is InChI=1S/C28H27N3O3S/c1-20-7-3-4-10-25(20)27(28(33)30-18-21-11-13-23(34-2)14-12-21)31(22-8-5-15-29-19-22)26(32)17-24-9-6-16-35-24/h3-16,19,27H,17-18H2,1-2H3,(H,30,33)/t27-/m1/s1. The van der Waals surface area contributed by atoms with Crippen LogP contribution >= 0.6 is 11.3 Å². The minimum Gasteiger partial charge on any atom is -0.497 e. The maximum absolute atomic E-state index is 13.8. The average Bonchev–Trinajstić information content (AvgIpc) is 3.40. The molecule has 4 rings (SSSR count). The predicted molar refractivity (Wildman–Crippen MR) is 139 cm³/mol. The SMILES string of the molecule is COc1ccc(CNC(=O)[C@@H](c2ccccc2C)N(C(=O)Cc2cccs2)c2cccnc2)cc1. The summed E-state index contributed by atoms with van der Waals surface area (Å²) in [5.74, 6) is 0.312. The Morgan fingerprint density at radius 3 is 2.49 bits per heavy atom. The maximum Gasteiger partial charge on any atom is 0.248 e. The number of aryl methyl sites for hydroxylation is 1. The zero-order valence-electron chi connectivity index (χ0n) is 19.7. The first kappa shape index (κ1) is 24.2. The second-order valence-electron chi connectivity index (χ2n) is 8.06. The number of nitrogens with one attached hydrogen (secondary N) is 1. The molecule has 0 aliphatic carbocycles. The first-order chi connectivity index (χ1) is 17.1. The van der Waals surface area contributed by atoms with Crippen molar-refractivity contribution < 1.29 is 14.3 Å². The van der Waals surface area contributed by atoms with E-state index in [0.717, 1.165) is 27.3 Å². The van der Waals surface area contributed by atoms with Crippen molar-refractivity contribution in [2.45, 2.75) is 25.9 Å². The molecule has 0 radical (unpaired) electrons. The third kappa shape index (κ3) is 5.94. The van der Waals surface area contributed by atoms with Crippen LogP contribution in [-0.4, -0.2) is 23.9 Å². The fraction of sp³-hybridized carbons (Fsp3) is 0.179. The van der Waals surface area contributed by atoms with E-state index in [1.807, 2.05) is 73.0 Å². The highest BCUT2D eigenvalue weighted by Crippen LogP contribution is 2.30. The molecule has 0 bridgehead atoms. The smallest absolute Gasteiger partial charge is 0.248 e. The Morgan fingerprint density at radius 1 is 1.03 bits per heavy atom. The molecule has 0 aliphatic rings. The van der Waals surface area contributed by atoms with Crippen LogP contribution < -0.4 is 15.0 Å². The van der Waals surface area contributed by atoms with E-state index in [0.29, 0.717) is 12.2 Å². The average molecular weight is 486 g/mol. The van der Waals surface area contributed by atoms with Crippen LogP contribution in [0.1, 0.15) is 27.6 Å². The zero-order valence-corrected chi connectivity index (χ0v) is 20.5. The molecular weight excluding hydrogens is 458 g/mol. The van der Waals surface area contributed by atoms with Gasteiger partial charge in [-0.05, 0) is 59.3 Å². The van der Waals surface area contributed by atoms with Crippen molar-refractivity contribution in [3.63, 3.8) is 0 Å². The largest absolute Gasteiger partial charge is 0.497 e. The minimum atomic E-state index is -0.855. The fourth-order valence-corrected chi connectivity index (χ4v) is 4.60. The summed E-state index contributed by atoms with van der Waals surface area (Å²) in [7, 11) is 1.61. The van der Waals surface area contributed by atoms with E-state index < -0.39 is 6.04 Å². The van der Waals surface area contributed by atoms with Crippen molar-refractivity contribution in [3.05, 3.63) is 112 Å². The topological polar surface area (TPSA) is 71.5 Å². The molecule has 178 valence electrons. The first-order valence-electron chi connectivity index (χ1n) is 11.3. The van der Waals surface area contributed by atoms with Crippen LogP contribution in [0.15, 0.2) is 90.6 Å². The second kappa shape index (κ2) is 11.4. The molecule has 4 aromatic rings. The number of hydrogen-bond donors (Lipinski definition) is 1. The van der Waals surface area contributed by atoms with Crippen LogP contribution in [0, 0.1) is 6.92 Å². The molecular formula is C28H27N3O3S. The third-order valence-electron chi connectivity index (χ3n) is 5.71. The second-order valence-corrected chi connectivity index (χ2v) is 9.09. The Balaban J connectivity index is 1.69. The van der Waals surface area contributed by atoms with Gasteiger partial charge in [0, 0.05) is 17.6 Å². The lowest BCUT2D eigenvalue weighted by molar-refractivity contribution is -0.126. The maximum atomic E-state index is 13.8. The molecule has 1 atom stereocenters. The van der Waals surface area contributed by atoms with Gasteiger partial charge in [0.2, 0.25) is 11.8 Å². The number of methoxy groups -OCH3 is 1. The van der Waals surface area contributed by atoms with E-state index in [1.165, 1.54) is 11.3 Å². The molecule has 2 aromatic carbocycles. The zero-order chi connectivity index (χ0) is 24.6. The van der Waals surface area contributed by atoms with Crippen molar-refractivity contribution >= 4 is 28.8 Å². The predicted octanol–water partition coefficient (Wildman–Crippen LogP) is 5.09. The van der Waals surface area contributed by atoms with E-state index in [9.17, 15) is 9.59 Å². The van der Waals surface area contributed by atoms with Crippen LogP contribution in [0.3, 0.4) is 0 Å². The number of aromatic nitrogens is 1. The molecule has 0 spiro atoms. The first-order valence-corrected chi connectivity index (χ1v) is 12.2. The van der Waals surface area contributed by atoms with Crippen molar-refractivity contribution in [1.29, 1.82) is 0 Å². The van der Waals surface area contributed by atoms with Crippen LogP contribution in [0.2, 0.25) is 0 Å². The summed E-state index contributed by atoms with van der Waals surface area (Å²) in [5.41, 5.74) is 3.19. The quantitative estimate of drug-likeness (QED) is 0.358. The number of benzene rings is 2. The van der Waals surface area contributed by atoms with Crippen molar-refractivity contribution in [3.8, 4) is 5.75 Å². The van der Waals surface area contributed by atoms with Crippen LogP contribution in [0.5, 0.6) is 5.75 Å². The molecule has 0 unspecified atom stereocenters. The van der Waals surface area contributed by atoms with Crippen LogP contribution in [0.25, 0.3) is 0 Å². The Kier molecular flexibility index (Phi) is 7.90. The number of hydrogen-bond acceptors (Lipinski definition) is 5. The summed E-state index contributed by atoms with van der Waals surface area (Å²) in [6.07, 6.45) is 3.47. The summed E-state index contributed by atoms with van der Waals surface area (Å²) >= 11 is 1.52. The van der Waals surface area contributed by atoms with Gasteiger partial charge >= 0.3 is 0 Å². The van der Waals surface area contributed by atoms with E-state index >= 15 is 0 Å². The number of nitrogens with zero attached hydrogens (tertiary/aromatic N) is 2. The highest BCUT2D eigenvalue weighted by atomic mass is 32.1. The van der Waals surface area contributed by atoms with E-state index in [1.54, 1.807) is 36.5 Å². The normalized spacial score (nSPS) is 11.5. The van der Waals surface area contributed by atoms with Gasteiger partial charge in [0.1, 0.15) is 11.8 Å². The number of carbonyl (C=O) groups is 2. The number of carbonyl (C=O) groups excluding carboxylic acids is 2. The van der Waals surface area contributed by atoms with Gasteiger partial charge < -0.3 is 10.1 Å². The van der Waals surface area contributed by atoms with Crippen LogP contribution in [0.4, 0.5) is 5.69 Å². The molecule has 2 heterocycles. The van der Waals surface area contributed by atoms with Gasteiger partial charge in [-0.25, -0.2) is 0 Å². The Morgan fingerprint density at radius 2 is 1.83 bits per heavy atom. The van der Waals surface area contributed by atoms with Crippen molar-refractivity contribution in [2.75, 3.05) is 12.0 Å². The summed E-state index contributed by atoms with van der Waals surface area (Å²) in [6.45, 7) is 2.27. The lowest BCUT2D eigenvalue weighted by Crippen LogP contribution is -2.44. The lowest BCUT2D eigenvalue weighted by Gasteiger charge is -2.32. The molecule has 2 amide bonds. The van der Waals surface area contributed by atoms with E-state index in [2.05, 4.69) is 10.3 Å². The molecule has 7 heteroatoms. The number of anilines is 1. The summed E-state index contributed by atoms with van der Waals surface area (Å²) in [4.78, 5) is 34.2. The number of pyridine rings is 1. The van der Waals surface area contributed by atoms with E-state index in [-0.39, 0.29) is 18.2 Å². The molecule has 0 saturated carbocycles. The van der Waals surface area contributed by atoms with Gasteiger partial charge in [0.15, 0.2) is 0 Å².